The molecule has 2 aliphatic rings. The summed E-state index contributed by atoms with van der Waals surface area (Å²) in [5.74, 6) is -2.13. The Kier molecular flexibility index (Phi) is 6.95. The Morgan fingerprint density at radius 3 is 2.47 bits per heavy atom. The maximum Gasteiger partial charge on any atom is 0.338 e. The fourth-order valence-corrected chi connectivity index (χ4v) is 3.87. The molecule has 0 spiro atoms. The van der Waals surface area contributed by atoms with Crippen LogP contribution in [0.4, 0.5) is 11.4 Å². The van der Waals surface area contributed by atoms with Crippen molar-refractivity contribution in [2.24, 2.45) is 0 Å². The maximum absolute atomic E-state index is 13.1. The van der Waals surface area contributed by atoms with E-state index in [0.717, 1.165) is 4.90 Å². The highest BCUT2D eigenvalue weighted by atomic mass is 35.5. The summed E-state index contributed by atoms with van der Waals surface area (Å²) in [6.45, 7) is 3.84. The second kappa shape index (κ2) is 10.1. The summed E-state index contributed by atoms with van der Waals surface area (Å²) in [5, 5.41) is 2.58. The van der Waals surface area contributed by atoms with Crippen LogP contribution in [-0.4, -0.2) is 61.5 Å². The average molecular weight is 484 g/mol. The number of esters is 1. The highest BCUT2D eigenvalue weighted by Gasteiger charge is 2.39. The number of ether oxygens (including phenoxy) is 2. The van der Waals surface area contributed by atoms with Gasteiger partial charge in [-0.05, 0) is 43.3 Å². The van der Waals surface area contributed by atoms with E-state index in [9.17, 15) is 19.2 Å². The molecule has 1 N–H and O–H groups in total. The van der Waals surface area contributed by atoms with E-state index < -0.39 is 17.8 Å². The Labute approximate surface area is 200 Å². The molecule has 2 heterocycles. The Bertz CT molecular complexity index is 1190. The van der Waals surface area contributed by atoms with Crippen molar-refractivity contribution in [3.63, 3.8) is 0 Å². The van der Waals surface area contributed by atoms with Crippen LogP contribution in [0.1, 0.15) is 27.6 Å². The van der Waals surface area contributed by atoms with E-state index in [4.69, 9.17) is 21.1 Å². The van der Waals surface area contributed by atoms with Crippen molar-refractivity contribution in [1.29, 1.82) is 0 Å². The number of imide groups is 1. The van der Waals surface area contributed by atoms with Crippen molar-refractivity contribution in [2.45, 2.75) is 6.92 Å². The van der Waals surface area contributed by atoms with Gasteiger partial charge in [0, 0.05) is 24.3 Å². The highest BCUT2D eigenvalue weighted by molar-refractivity contribution is 6.53. The Balaban J connectivity index is 1.54. The maximum atomic E-state index is 13.1. The first-order valence-corrected chi connectivity index (χ1v) is 11.1. The standard InChI is InChI=1S/C24H22ClN3O6/c1-2-34-24(32)16-6-4-8-18(14-16)28-22(30)19(25)20(23(28)31)26-17-7-3-5-15(13-17)21(29)27-9-11-33-12-10-27/h3-8,13-14,26H,2,9-12H2,1H3. The molecule has 0 aromatic heterocycles. The lowest BCUT2D eigenvalue weighted by atomic mass is 10.1. The van der Waals surface area contributed by atoms with Gasteiger partial charge in [-0.15, -0.1) is 0 Å². The average Bonchev–Trinajstić information content (AvgIpc) is 3.07. The molecule has 0 aliphatic carbocycles. The van der Waals surface area contributed by atoms with Crippen LogP contribution in [0.15, 0.2) is 59.3 Å². The first kappa shape index (κ1) is 23.5. The summed E-state index contributed by atoms with van der Waals surface area (Å²) >= 11 is 6.22. The number of morpholine rings is 1. The summed E-state index contributed by atoms with van der Waals surface area (Å²) in [6, 6.07) is 12.6. The summed E-state index contributed by atoms with van der Waals surface area (Å²) < 4.78 is 10.3. The lowest BCUT2D eigenvalue weighted by Gasteiger charge is -2.27. The third kappa shape index (κ3) is 4.66. The molecule has 4 rings (SSSR count). The fraction of sp³-hybridized carbons (Fsp3) is 0.250. The third-order valence-corrected chi connectivity index (χ3v) is 5.67. The smallest absolute Gasteiger partial charge is 0.338 e. The third-order valence-electron chi connectivity index (χ3n) is 5.32. The zero-order valence-corrected chi connectivity index (χ0v) is 19.1. The summed E-state index contributed by atoms with van der Waals surface area (Å²) in [7, 11) is 0. The number of nitrogens with one attached hydrogen (secondary N) is 1. The van der Waals surface area contributed by atoms with Crippen molar-refractivity contribution >= 4 is 46.7 Å². The number of nitrogens with zero attached hydrogens (tertiary/aromatic N) is 2. The minimum Gasteiger partial charge on any atom is -0.462 e. The van der Waals surface area contributed by atoms with Crippen molar-refractivity contribution in [1.82, 2.24) is 4.90 Å². The normalized spacial score (nSPS) is 16.2. The number of amides is 3. The van der Waals surface area contributed by atoms with E-state index in [1.54, 1.807) is 42.2 Å². The molecule has 0 radical (unpaired) electrons. The molecule has 9 nitrogen and oxygen atoms in total. The molecule has 2 aromatic rings. The Hall–Kier alpha value is -3.69. The topological polar surface area (TPSA) is 105 Å². The van der Waals surface area contributed by atoms with Gasteiger partial charge < -0.3 is 19.7 Å². The van der Waals surface area contributed by atoms with Crippen molar-refractivity contribution in [3.8, 4) is 0 Å². The molecule has 2 aliphatic heterocycles. The van der Waals surface area contributed by atoms with E-state index in [0.29, 0.717) is 37.6 Å². The van der Waals surface area contributed by atoms with Crippen LogP contribution in [0.3, 0.4) is 0 Å². The van der Waals surface area contributed by atoms with E-state index in [2.05, 4.69) is 5.32 Å². The first-order valence-electron chi connectivity index (χ1n) is 10.7. The summed E-state index contributed by atoms with van der Waals surface area (Å²) in [5.41, 5.74) is 1.12. The predicted octanol–water partition coefficient (Wildman–Crippen LogP) is 2.77. The van der Waals surface area contributed by atoms with E-state index in [-0.39, 0.29) is 34.5 Å². The number of benzene rings is 2. The van der Waals surface area contributed by atoms with Gasteiger partial charge in [-0.1, -0.05) is 23.7 Å². The minimum absolute atomic E-state index is 0.121. The molecule has 10 heteroatoms. The quantitative estimate of drug-likeness (QED) is 0.497. The molecule has 34 heavy (non-hydrogen) atoms. The number of anilines is 2. The molecule has 3 amide bonds. The van der Waals surface area contributed by atoms with Crippen molar-refractivity contribution < 1.29 is 28.7 Å². The van der Waals surface area contributed by atoms with Crippen LogP contribution in [0.5, 0.6) is 0 Å². The van der Waals surface area contributed by atoms with Gasteiger partial charge in [0.05, 0.1) is 31.1 Å². The number of hydrogen-bond acceptors (Lipinski definition) is 7. The molecule has 0 unspecified atom stereocenters. The predicted molar refractivity (Wildman–Crippen MR) is 125 cm³/mol. The number of carbonyl (C=O) groups is 4. The van der Waals surface area contributed by atoms with Gasteiger partial charge >= 0.3 is 5.97 Å². The van der Waals surface area contributed by atoms with E-state index in [1.165, 1.54) is 18.2 Å². The molecule has 1 fully saturated rings. The van der Waals surface area contributed by atoms with E-state index in [1.807, 2.05) is 0 Å². The van der Waals surface area contributed by atoms with Crippen LogP contribution in [-0.2, 0) is 19.1 Å². The van der Waals surface area contributed by atoms with Crippen LogP contribution in [0.2, 0.25) is 0 Å². The first-order chi connectivity index (χ1) is 16.4. The summed E-state index contributed by atoms with van der Waals surface area (Å²) in [6.07, 6.45) is 0. The number of carbonyl (C=O) groups excluding carboxylic acids is 4. The van der Waals surface area contributed by atoms with Gasteiger partial charge in [0.15, 0.2) is 0 Å². The lowest BCUT2D eigenvalue weighted by Crippen LogP contribution is -2.40. The molecular formula is C24H22ClN3O6. The largest absolute Gasteiger partial charge is 0.462 e. The molecule has 2 aromatic carbocycles. The molecule has 0 bridgehead atoms. The molecule has 0 saturated carbocycles. The number of halogens is 1. The van der Waals surface area contributed by atoms with Gasteiger partial charge in [-0.2, -0.15) is 0 Å². The fourth-order valence-electron chi connectivity index (χ4n) is 3.66. The Morgan fingerprint density at radius 2 is 1.74 bits per heavy atom. The molecule has 0 atom stereocenters. The zero-order valence-electron chi connectivity index (χ0n) is 18.4. The number of rotatable bonds is 6. The Morgan fingerprint density at radius 1 is 1.03 bits per heavy atom. The lowest BCUT2D eigenvalue weighted by molar-refractivity contribution is -0.120. The summed E-state index contributed by atoms with van der Waals surface area (Å²) in [4.78, 5) is 53.3. The van der Waals surface area contributed by atoms with Crippen molar-refractivity contribution in [2.75, 3.05) is 43.1 Å². The monoisotopic (exact) mass is 483 g/mol. The van der Waals surface area contributed by atoms with Gasteiger partial charge in [-0.3, -0.25) is 14.4 Å². The van der Waals surface area contributed by atoms with Gasteiger partial charge in [0.2, 0.25) is 0 Å². The molecule has 1 saturated heterocycles. The van der Waals surface area contributed by atoms with Gasteiger partial charge in [-0.25, -0.2) is 9.69 Å². The second-order valence-corrected chi connectivity index (χ2v) is 7.89. The second-order valence-electron chi connectivity index (χ2n) is 7.52. The van der Waals surface area contributed by atoms with Gasteiger partial charge in [0.25, 0.3) is 17.7 Å². The zero-order chi connectivity index (χ0) is 24.2. The SMILES string of the molecule is CCOC(=O)c1cccc(N2C(=O)C(Cl)=C(Nc3cccc(C(=O)N4CCOCC4)c3)C2=O)c1. The van der Waals surface area contributed by atoms with Crippen LogP contribution in [0.25, 0.3) is 0 Å². The highest BCUT2D eigenvalue weighted by Crippen LogP contribution is 2.31. The van der Waals surface area contributed by atoms with Gasteiger partial charge in [0.1, 0.15) is 10.7 Å². The van der Waals surface area contributed by atoms with Crippen LogP contribution in [0, 0.1) is 0 Å². The minimum atomic E-state index is -0.726. The molecule has 176 valence electrons. The van der Waals surface area contributed by atoms with Crippen LogP contribution < -0.4 is 10.2 Å². The van der Waals surface area contributed by atoms with Crippen LogP contribution >= 0.6 is 11.6 Å². The molecular weight excluding hydrogens is 462 g/mol. The number of hydrogen-bond donors (Lipinski definition) is 1. The van der Waals surface area contributed by atoms with E-state index >= 15 is 0 Å². The van der Waals surface area contributed by atoms with Crippen molar-refractivity contribution in [3.05, 3.63) is 70.4 Å².